The van der Waals surface area contributed by atoms with E-state index in [0.717, 1.165) is 31.7 Å². The van der Waals surface area contributed by atoms with Gasteiger partial charge in [0.2, 0.25) is 0 Å². The summed E-state index contributed by atoms with van der Waals surface area (Å²) in [6.07, 6.45) is -1.18. The molecule has 7 heteroatoms. The van der Waals surface area contributed by atoms with E-state index in [-0.39, 0.29) is 6.10 Å². The van der Waals surface area contributed by atoms with Crippen LogP contribution in [0, 0.1) is 5.92 Å². The molecule has 0 amide bonds. The molecule has 1 fully saturated rings. The summed E-state index contributed by atoms with van der Waals surface area (Å²) in [4.78, 5) is 0. The van der Waals surface area contributed by atoms with Crippen molar-refractivity contribution < 1.29 is 18.3 Å². The van der Waals surface area contributed by atoms with Gasteiger partial charge in [-0.1, -0.05) is 6.42 Å². The highest BCUT2D eigenvalue weighted by atomic mass is 19.4. The molecular weight excluding hydrogens is 259 g/mol. The number of nitrogens with zero attached hydrogens (tertiary/aromatic N) is 2. The Labute approximate surface area is 109 Å². The van der Waals surface area contributed by atoms with Crippen molar-refractivity contribution in [2.24, 2.45) is 5.92 Å². The molecule has 0 aromatic carbocycles. The Morgan fingerprint density at radius 1 is 1.26 bits per heavy atom. The van der Waals surface area contributed by atoms with E-state index in [1.54, 1.807) is 0 Å². The molecule has 0 saturated heterocycles. The fourth-order valence-electron chi connectivity index (χ4n) is 2.27. The van der Waals surface area contributed by atoms with Crippen molar-refractivity contribution in [3.05, 3.63) is 17.8 Å². The first-order valence-corrected chi connectivity index (χ1v) is 6.28. The lowest BCUT2D eigenvalue weighted by Crippen LogP contribution is -2.25. The first kappa shape index (κ1) is 14.0. The number of rotatable bonds is 3. The van der Waals surface area contributed by atoms with Crippen LogP contribution in [0.15, 0.2) is 12.1 Å². The van der Waals surface area contributed by atoms with E-state index in [1.165, 1.54) is 6.07 Å². The molecule has 2 atom stereocenters. The Morgan fingerprint density at radius 3 is 2.63 bits per heavy atom. The van der Waals surface area contributed by atoms with Gasteiger partial charge in [-0.05, 0) is 37.3 Å². The van der Waals surface area contributed by atoms with Gasteiger partial charge in [-0.2, -0.15) is 13.2 Å². The monoisotopic (exact) mass is 275 g/mol. The fourth-order valence-corrected chi connectivity index (χ4v) is 2.27. The highest BCUT2D eigenvalue weighted by molar-refractivity contribution is 5.33. The number of hydrogen-bond donors (Lipinski definition) is 2. The molecule has 106 valence electrons. The SMILES string of the molecule is OC1CCCC(CNc2ccc(C(F)(F)F)nn2)C1. The zero-order valence-electron chi connectivity index (χ0n) is 10.3. The molecule has 1 aromatic heterocycles. The summed E-state index contributed by atoms with van der Waals surface area (Å²) in [7, 11) is 0. The van der Waals surface area contributed by atoms with Gasteiger partial charge in [0.05, 0.1) is 6.10 Å². The minimum Gasteiger partial charge on any atom is -0.393 e. The van der Waals surface area contributed by atoms with Gasteiger partial charge < -0.3 is 10.4 Å². The number of halogens is 3. The molecule has 19 heavy (non-hydrogen) atoms. The van der Waals surface area contributed by atoms with Gasteiger partial charge in [-0.15, -0.1) is 10.2 Å². The van der Waals surface area contributed by atoms with Crippen LogP contribution in [0.4, 0.5) is 19.0 Å². The van der Waals surface area contributed by atoms with E-state index in [0.29, 0.717) is 18.3 Å². The number of alkyl halides is 3. The first-order chi connectivity index (χ1) is 8.95. The molecule has 1 heterocycles. The minimum atomic E-state index is -4.46. The van der Waals surface area contributed by atoms with Crippen LogP contribution in [0.3, 0.4) is 0 Å². The number of nitrogens with one attached hydrogen (secondary N) is 1. The summed E-state index contributed by atoms with van der Waals surface area (Å²) < 4.78 is 36.9. The molecule has 1 aliphatic rings. The maximum absolute atomic E-state index is 12.3. The van der Waals surface area contributed by atoms with Crippen molar-refractivity contribution in [2.75, 3.05) is 11.9 Å². The molecule has 1 aromatic rings. The summed E-state index contributed by atoms with van der Waals surface area (Å²) in [6, 6.07) is 2.18. The quantitative estimate of drug-likeness (QED) is 0.889. The summed E-state index contributed by atoms with van der Waals surface area (Å²) >= 11 is 0. The summed E-state index contributed by atoms with van der Waals surface area (Å²) in [5.41, 5.74) is -0.994. The van der Waals surface area contributed by atoms with Crippen LogP contribution in [0.25, 0.3) is 0 Å². The summed E-state index contributed by atoms with van der Waals surface area (Å²) in [5, 5.41) is 19.1. The molecule has 0 bridgehead atoms. The van der Waals surface area contributed by atoms with Crippen LogP contribution >= 0.6 is 0 Å². The largest absolute Gasteiger partial charge is 0.435 e. The zero-order chi connectivity index (χ0) is 13.9. The molecule has 0 aliphatic heterocycles. The molecule has 0 radical (unpaired) electrons. The molecular formula is C12H16F3N3O. The zero-order valence-corrected chi connectivity index (χ0v) is 10.3. The van der Waals surface area contributed by atoms with Gasteiger partial charge in [0.15, 0.2) is 5.69 Å². The summed E-state index contributed by atoms with van der Waals surface area (Å²) in [5.74, 6) is 0.654. The third-order valence-corrected chi connectivity index (χ3v) is 3.28. The predicted octanol–water partition coefficient (Wildman–Crippen LogP) is 2.46. The van der Waals surface area contributed by atoms with Gasteiger partial charge >= 0.3 is 6.18 Å². The molecule has 2 N–H and O–H groups in total. The van der Waals surface area contributed by atoms with Gasteiger partial charge in [0, 0.05) is 6.54 Å². The van der Waals surface area contributed by atoms with E-state index < -0.39 is 11.9 Å². The highest BCUT2D eigenvalue weighted by Gasteiger charge is 2.32. The maximum atomic E-state index is 12.3. The second-order valence-corrected chi connectivity index (χ2v) is 4.87. The van der Waals surface area contributed by atoms with Gasteiger partial charge in [0.25, 0.3) is 0 Å². The van der Waals surface area contributed by atoms with E-state index in [9.17, 15) is 18.3 Å². The first-order valence-electron chi connectivity index (χ1n) is 6.28. The predicted molar refractivity (Wildman–Crippen MR) is 63.5 cm³/mol. The Morgan fingerprint density at radius 2 is 2.05 bits per heavy atom. The maximum Gasteiger partial charge on any atom is 0.435 e. The van der Waals surface area contributed by atoms with E-state index >= 15 is 0 Å². The number of aliphatic hydroxyl groups excluding tert-OH is 1. The van der Waals surface area contributed by atoms with Crippen molar-refractivity contribution in [2.45, 2.75) is 38.0 Å². The van der Waals surface area contributed by atoms with Crippen molar-refractivity contribution >= 4 is 5.82 Å². The van der Waals surface area contributed by atoms with Crippen LogP contribution < -0.4 is 5.32 Å². The molecule has 1 aliphatic carbocycles. The van der Waals surface area contributed by atoms with E-state index in [4.69, 9.17) is 0 Å². The Kier molecular flexibility index (Phi) is 4.24. The lowest BCUT2D eigenvalue weighted by molar-refractivity contribution is -0.141. The lowest BCUT2D eigenvalue weighted by Gasteiger charge is -2.25. The van der Waals surface area contributed by atoms with Gasteiger partial charge in [-0.3, -0.25) is 0 Å². The van der Waals surface area contributed by atoms with Crippen molar-refractivity contribution in [1.82, 2.24) is 10.2 Å². The van der Waals surface area contributed by atoms with Crippen molar-refractivity contribution in [3.63, 3.8) is 0 Å². The fraction of sp³-hybridized carbons (Fsp3) is 0.667. The Hall–Kier alpha value is -1.37. The van der Waals surface area contributed by atoms with E-state index in [1.807, 2.05) is 0 Å². The average molecular weight is 275 g/mol. The molecule has 4 nitrogen and oxygen atoms in total. The third kappa shape index (κ3) is 4.05. The smallest absolute Gasteiger partial charge is 0.393 e. The highest BCUT2D eigenvalue weighted by Crippen LogP contribution is 2.27. The molecule has 2 unspecified atom stereocenters. The van der Waals surface area contributed by atoms with Crippen LogP contribution in [0.2, 0.25) is 0 Å². The average Bonchev–Trinajstić information content (AvgIpc) is 2.36. The lowest BCUT2D eigenvalue weighted by atomic mass is 9.87. The molecule has 0 spiro atoms. The van der Waals surface area contributed by atoms with Crippen molar-refractivity contribution in [1.29, 1.82) is 0 Å². The van der Waals surface area contributed by atoms with Crippen molar-refractivity contribution in [3.8, 4) is 0 Å². The normalized spacial score (nSPS) is 24.2. The van der Waals surface area contributed by atoms with Crippen LogP contribution in [0.1, 0.15) is 31.4 Å². The number of anilines is 1. The number of aromatic nitrogens is 2. The molecule has 2 rings (SSSR count). The minimum absolute atomic E-state index is 0.265. The standard InChI is InChI=1S/C12H16F3N3O/c13-12(14,15)10-4-5-11(18-17-10)16-7-8-2-1-3-9(19)6-8/h4-5,8-9,19H,1-3,6-7H2,(H,16,18). The second kappa shape index (κ2) is 5.73. The number of hydrogen-bond acceptors (Lipinski definition) is 4. The third-order valence-electron chi connectivity index (χ3n) is 3.28. The molecule has 1 saturated carbocycles. The Balaban J connectivity index is 1.86. The Bertz CT molecular complexity index is 408. The van der Waals surface area contributed by atoms with Crippen LogP contribution in [-0.4, -0.2) is 28.0 Å². The number of aliphatic hydroxyl groups is 1. The van der Waals surface area contributed by atoms with Gasteiger partial charge in [-0.25, -0.2) is 0 Å². The summed E-state index contributed by atoms with van der Waals surface area (Å²) in [6.45, 7) is 0.594. The second-order valence-electron chi connectivity index (χ2n) is 4.87. The van der Waals surface area contributed by atoms with Crippen LogP contribution in [-0.2, 0) is 6.18 Å². The topological polar surface area (TPSA) is 58.0 Å². The van der Waals surface area contributed by atoms with Gasteiger partial charge in [0.1, 0.15) is 5.82 Å². The van der Waals surface area contributed by atoms with Crippen LogP contribution in [0.5, 0.6) is 0 Å². The van der Waals surface area contributed by atoms with E-state index in [2.05, 4.69) is 15.5 Å².